The van der Waals surface area contributed by atoms with Crippen LogP contribution in [0.5, 0.6) is 0 Å². The van der Waals surface area contributed by atoms with Crippen LogP contribution in [-0.4, -0.2) is 6.67 Å². The third-order valence-electron chi connectivity index (χ3n) is 10.3. The van der Waals surface area contributed by atoms with E-state index in [1.807, 2.05) is 97.9 Å². The van der Waals surface area contributed by atoms with Gasteiger partial charge in [-0.2, -0.15) is 0 Å². The van der Waals surface area contributed by atoms with Gasteiger partial charge >= 0.3 is 0 Å². The molecule has 0 fully saturated rings. The minimum atomic E-state index is -0.347. The van der Waals surface area contributed by atoms with E-state index in [0.29, 0.717) is 13.2 Å². The summed E-state index contributed by atoms with van der Waals surface area (Å²) in [5, 5.41) is 10.2. The highest BCUT2D eigenvalue weighted by Crippen LogP contribution is 2.27. The van der Waals surface area contributed by atoms with Gasteiger partial charge in [0.2, 0.25) is 0 Å². The lowest BCUT2D eigenvalue weighted by molar-refractivity contribution is 0.625. The Bertz CT molecular complexity index is 2420. The summed E-state index contributed by atoms with van der Waals surface area (Å²) in [4.78, 5) is 0. The van der Waals surface area contributed by atoms with E-state index in [1.54, 1.807) is 6.08 Å². The molecule has 2 unspecified atom stereocenters. The van der Waals surface area contributed by atoms with Crippen LogP contribution in [0.25, 0.3) is 11.1 Å². The summed E-state index contributed by atoms with van der Waals surface area (Å²) in [6.07, 6.45) is 20.1. The summed E-state index contributed by atoms with van der Waals surface area (Å²) < 4.78 is 0. The molecule has 6 nitrogen and oxygen atoms in total. The van der Waals surface area contributed by atoms with E-state index in [-0.39, 0.29) is 12.1 Å². The zero-order chi connectivity index (χ0) is 48.3. The molecule has 2 atom stereocenters. The van der Waals surface area contributed by atoms with Crippen LogP contribution in [0.3, 0.4) is 0 Å². The lowest BCUT2D eigenvalue weighted by atomic mass is 9.97. The molecule has 0 saturated carbocycles. The molecule has 0 amide bonds. The molecule has 6 aromatic rings. The van der Waals surface area contributed by atoms with Crippen molar-refractivity contribution >= 4 is 16.8 Å². The number of hydrogen-bond donors (Lipinski definition) is 6. The first-order valence-electron chi connectivity index (χ1n) is 23.1. The Labute approximate surface area is 403 Å². The van der Waals surface area contributed by atoms with Crippen LogP contribution in [0, 0.1) is 0 Å². The Morgan fingerprint density at radius 3 is 1.72 bits per heavy atom. The molecular formula is C61H74N6. The van der Waals surface area contributed by atoms with Gasteiger partial charge in [0.05, 0.1) is 0 Å². The standard InChI is InChI=1S/C43H47N3.C8H12N2.C7H9N.C3H6/c1-5-6-7-10-19-33(2)38-26-18-27-39(32-38)34(3)20-17-21-35(4)40-28-15-16-29-41(40)45-42(31-30-36-22-11-8-12-23-36)46-43(44)37-24-13-9-14-25-37;9-7-10-6-8-4-2-1-3-5-8;8-6-7-4-2-1-3-5-7;1-3-2/h5,7-29,31-32,35,43,45-46H,1,6,30,44H2,2-4H3;1-5,10H,6-7,9H2;1-5H,6,8H2;3H,1H2,2H3/b10-7-,21-17-,33-19+,34-20+,42-31-;;;. The van der Waals surface area contributed by atoms with E-state index in [9.17, 15) is 0 Å². The first kappa shape index (κ1) is 54.3. The van der Waals surface area contributed by atoms with Gasteiger partial charge in [0.25, 0.3) is 0 Å². The predicted molar refractivity (Wildman–Crippen MR) is 293 cm³/mol. The average Bonchev–Trinajstić information content (AvgIpc) is 3.38. The molecule has 0 saturated heterocycles. The number of rotatable bonds is 19. The molecule has 6 heteroatoms. The number of para-hydroxylation sites is 1. The van der Waals surface area contributed by atoms with Crippen LogP contribution in [0.1, 0.15) is 85.1 Å². The number of nitrogens with one attached hydrogen (secondary N) is 3. The van der Waals surface area contributed by atoms with Crippen molar-refractivity contribution in [2.45, 2.75) is 65.7 Å². The highest BCUT2D eigenvalue weighted by molar-refractivity contribution is 5.72. The van der Waals surface area contributed by atoms with Crippen molar-refractivity contribution in [1.29, 1.82) is 0 Å². The van der Waals surface area contributed by atoms with E-state index < -0.39 is 0 Å². The largest absolute Gasteiger partial charge is 0.353 e. The molecule has 0 bridgehead atoms. The van der Waals surface area contributed by atoms with E-state index in [2.05, 4.69) is 177 Å². The molecular weight excluding hydrogens is 817 g/mol. The Kier molecular flexibility index (Phi) is 27.1. The number of allylic oxidation sites excluding steroid dienone is 11. The molecule has 0 aromatic heterocycles. The van der Waals surface area contributed by atoms with E-state index in [1.165, 1.54) is 44.5 Å². The van der Waals surface area contributed by atoms with E-state index in [4.69, 9.17) is 17.2 Å². The fourth-order valence-electron chi connectivity index (χ4n) is 6.53. The zero-order valence-corrected chi connectivity index (χ0v) is 40.2. The monoisotopic (exact) mass is 891 g/mol. The average molecular weight is 891 g/mol. The van der Waals surface area contributed by atoms with E-state index >= 15 is 0 Å². The summed E-state index contributed by atoms with van der Waals surface area (Å²) >= 11 is 0. The lowest BCUT2D eigenvalue weighted by Crippen LogP contribution is -2.31. The second-order valence-electron chi connectivity index (χ2n) is 15.7. The molecule has 0 spiro atoms. The Balaban J connectivity index is 0.000000462. The van der Waals surface area contributed by atoms with Crippen molar-refractivity contribution in [2.24, 2.45) is 17.2 Å². The summed E-state index contributed by atoms with van der Waals surface area (Å²) in [5.74, 6) is 1.06. The molecule has 348 valence electrons. The summed E-state index contributed by atoms with van der Waals surface area (Å²) in [6.45, 7) is 17.6. The molecule has 0 radical (unpaired) electrons. The predicted octanol–water partition coefficient (Wildman–Crippen LogP) is 13.8. The third kappa shape index (κ3) is 22.1. The third-order valence-corrected chi connectivity index (χ3v) is 10.3. The highest BCUT2D eigenvalue weighted by atomic mass is 15.2. The summed E-state index contributed by atoms with van der Waals surface area (Å²) in [5.41, 5.74) is 29.1. The molecule has 0 aliphatic rings. The Morgan fingerprint density at radius 1 is 0.642 bits per heavy atom. The van der Waals surface area contributed by atoms with Gasteiger partial charge in [-0.3, -0.25) is 0 Å². The molecule has 6 aromatic carbocycles. The van der Waals surface area contributed by atoms with Crippen LogP contribution in [0.2, 0.25) is 0 Å². The normalized spacial score (nSPS) is 12.3. The first-order valence-corrected chi connectivity index (χ1v) is 23.1. The quantitative estimate of drug-likeness (QED) is 0.0274. The topological polar surface area (TPSA) is 114 Å². The van der Waals surface area contributed by atoms with Gasteiger partial charge in [-0.25, -0.2) is 0 Å². The fraction of sp³-hybridized carbons (Fsp3) is 0.180. The van der Waals surface area contributed by atoms with E-state index in [0.717, 1.165) is 36.5 Å². The van der Waals surface area contributed by atoms with Crippen LogP contribution in [0.15, 0.2) is 244 Å². The zero-order valence-electron chi connectivity index (χ0n) is 40.2. The minimum Gasteiger partial charge on any atom is -0.353 e. The van der Waals surface area contributed by atoms with Gasteiger partial charge in [0, 0.05) is 31.4 Å². The second-order valence-corrected chi connectivity index (χ2v) is 15.7. The van der Waals surface area contributed by atoms with Crippen molar-refractivity contribution in [2.75, 3.05) is 12.0 Å². The van der Waals surface area contributed by atoms with Gasteiger partial charge < -0.3 is 33.2 Å². The van der Waals surface area contributed by atoms with Gasteiger partial charge in [-0.1, -0.05) is 213 Å². The number of nitrogens with two attached hydrogens (primary N) is 3. The lowest BCUT2D eigenvalue weighted by Gasteiger charge is -2.22. The van der Waals surface area contributed by atoms with Crippen molar-refractivity contribution in [3.63, 3.8) is 0 Å². The van der Waals surface area contributed by atoms with Crippen molar-refractivity contribution in [3.05, 3.63) is 282 Å². The second kappa shape index (κ2) is 33.4. The van der Waals surface area contributed by atoms with Crippen molar-refractivity contribution in [3.8, 4) is 0 Å². The van der Waals surface area contributed by atoms with Crippen molar-refractivity contribution < 1.29 is 0 Å². The van der Waals surface area contributed by atoms with Gasteiger partial charge in [-0.15, -0.1) is 13.2 Å². The van der Waals surface area contributed by atoms with Crippen LogP contribution in [-0.2, 0) is 19.5 Å². The Hall–Kier alpha value is -7.06. The molecule has 67 heavy (non-hydrogen) atoms. The number of benzene rings is 6. The molecule has 0 heterocycles. The molecule has 0 aliphatic carbocycles. The summed E-state index contributed by atoms with van der Waals surface area (Å²) in [7, 11) is 0. The van der Waals surface area contributed by atoms with Crippen LogP contribution >= 0.6 is 0 Å². The maximum absolute atomic E-state index is 6.60. The molecule has 9 N–H and O–H groups in total. The highest BCUT2D eigenvalue weighted by Gasteiger charge is 2.12. The minimum absolute atomic E-state index is 0.185. The number of hydrogen-bond acceptors (Lipinski definition) is 6. The fourth-order valence-corrected chi connectivity index (χ4v) is 6.53. The first-order chi connectivity index (χ1) is 32.7. The van der Waals surface area contributed by atoms with Crippen molar-refractivity contribution in [1.82, 2.24) is 10.6 Å². The van der Waals surface area contributed by atoms with Crippen LogP contribution < -0.4 is 33.2 Å². The van der Waals surface area contributed by atoms with Crippen LogP contribution in [0.4, 0.5) is 5.69 Å². The smallest absolute Gasteiger partial charge is 0.102 e. The maximum Gasteiger partial charge on any atom is 0.102 e. The summed E-state index contributed by atoms with van der Waals surface area (Å²) in [6, 6.07) is 57.9. The van der Waals surface area contributed by atoms with Gasteiger partial charge in [-0.05, 0) is 102 Å². The molecule has 6 rings (SSSR count). The number of anilines is 1. The Morgan fingerprint density at radius 2 is 1.16 bits per heavy atom. The maximum atomic E-state index is 6.60. The SMILES string of the molecule is C=CC.C=CC/C=C\C=C(/C)c1cccc(/C(C)=C/C=C\C(C)c2ccccc2N/C(=C/Cc2ccccc2)NC(N)c2ccccc2)c1.NCNCc1ccccc1.NCc1ccccc1. The molecule has 0 aliphatic heterocycles. The van der Waals surface area contributed by atoms with Gasteiger partial charge in [0.15, 0.2) is 0 Å². The van der Waals surface area contributed by atoms with Gasteiger partial charge in [0.1, 0.15) is 12.0 Å².